The Morgan fingerprint density at radius 2 is 2.04 bits per heavy atom. The van der Waals surface area contributed by atoms with Crippen molar-refractivity contribution in [3.05, 3.63) is 65.2 Å². The van der Waals surface area contributed by atoms with E-state index in [2.05, 4.69) is 40.1 Å². The summed E-state index contributed by atoms with van der Waals surface area (Å²) in [4.78, 5) is 0. The van der Waals surface area contributed by atoms with E-state index in [-0.39, 0.29) is 6.04 Å². The number of hydrogen-bond donors (Lipinski definition) is 2. The normalized spacial score (nSPS) is 16.0. The zero-order valence-electron chi connectivity index (χ0n) is 13.7. The summed E-state index contributed by atoms with van der Waals surface area (Å²) >= 11 is 5.35. The molecule has 0 amide bonds. The number of para-hydroxylation sites is 1. The number of aryl methyl sites for hydroxylation is 1. The Balaban J connectivity index is 1.57. The van der Waals surface area contributed by atoms with Crippen LogP contribution in [0.1, 0.15) is 36.1 Å². The molecule has 2 aromatic rings. The third-order valence-electron chi connectivity index (χ3n) is 4.03. The summed E-state index contributed by atoms with van der Waals surface area (Å²) in [5.74, 6) is 0.814. The number of nitrogens with one attached hydrogen (secondary N) is 2. The van der Waals surface area contributed by atoms with Gasteiger partial charge >= 0.3 is 0 Å². The first-order valence-corrected chi connectivity index (χ1v) is 8.58. The monoisotopic (exact) mass is 339 g/mol. The highest BCUT2D eigenvalue weighted by Gasteiger charge is 2.22. The molecule has 0 aromatic heterocycles. The van der Waals surface area contributed by atoms with Crippen LogP contribution in [-0.2, 0) is 6.42 Å². The largest absolute Gasteiger partial charge is 0.493 e. The number of thiocarbonyl (C=S) groups is 1. The molecule has 1 aliphatic carbocycles. The molecule has 2 aromatic carbocycles. The molecule has 0 fully saturated rings. The highest BCUT2D eigenvalue weighted by Crippen LogP contribution is 2.30. The molecular formula is C19H21N3OS. The molecule has 0 bridgehead atoms. The van der Waals surface area contributed by atoms with Gasteiger partial charge in [0.15, 0.2) is 5.11 Å². The minimum atomic E-state index is 0.257. The highest BCUT2D eigenvalue weighted by molar-refractivity contribution is 7.80. The molecule has 24 heavy (non-hydrogen) atoms. The highest BCUT2D eigenvalue weighted by atomic mass is 32.1. The fourth-order valence-electron chi connectivity index (χ4n) is 2.93. The van der Waals surface area contributed by atoms with Crippen LogP contribution in [0, 0.1) is 0 Å². The van der Waals surface area contributed by atoms with Crippen molar-refractivity contribution in [2.24, 2.45) is 5.10 Å². The predicted octanol–water partition coefficient (Wildman–Crippen LogP) is 3.57. The fourth-order valence-corrected chi connectivity index (χ4v) is 3.13. The van der Waals surface area contributed by atoms with Gasteiger partial charge in [-0.05, 0) is 55.2 Å². The van der Waals surface area contributed by atoms with Crippen molar-refractivity contribution in [3.8, 4) is 5.75 Å². The smallest absolute Gasteiger partial charge is 0.187 e. The van der Waals surface area contributed by atoms with Crippen molar-refractivity contribution in [3.63, 3.8) is 0 Å². The minimum absolute atomic E-state index is 0.257. The van der Waals surface area contributed by atoms with E-state index >= 15 is 0 Å². The molecule has 0 aliphatic heterocycles. The molecule has 4 nitrogen and oxygen atoms in total. The summed E-state index contributed by atoms with van der Waals surface area (Å²) in [6, 6.07) is 16.5. The van der Waals surface area contributed by atoms with Gasteiger partial charge in [-0.25, -0.2) is 0 Å². The van der Waals surface area contributed by atoms with Crippen molar-refractivity contribution in [2.45, 2.75) is 25.8 Å². The molecule has 124 valence electrons. The minimum Gasteiger partial charge on any atom is -0.493 e. The molecule has 3 rings (SSSR count). The fraction of sp³-hybridized carbons (Fsp3) is 0.263. The van der Waals surface area contributed by atoms with Gasteiger partial charge in [0.2, 0.25) is 0 Å². The van der Waals surface area contributed by atoms with Crippen LogP contribution in [0.25, 0.3) is 0 Å². The van der Waals surface area contributed by atoms with E-state index in [1.54, 1.807) is 6.21 Å². The van der Waals surface area contributed by atoms with Gasteiger partial charge in [0.25, 0.3) is 0 Å². The second-order valence-corrected chi connectivity index (χ2v) is 6.01. The van der Waals surface area contributed by atoms with Crippen LogP contribution in [0.15, 0.2) is 53.6 Å². The number of rotatable bonds is 5. The lowest BCUT2D eigenvalue weighted by Crippen LogP contribution is -2.34. The standard InChI is InChI=1S/C19H21N3OS/c1-2-23-18-10-6-4-8-15(18)13-20-22-19(24)21-17-12-11-14-7-3-5-9-16(14)17/h3-10,13,17H,2,11-12H2,1H3,(H2,21,22,24)/b20-13+. The maximum absolute atomic E-state index is 5.57. The quantitative estimate of drug-likeness (QED) is 0.497. The molecule has 0 spiro atoms. The van der Waals surface area contributed by atoms with Crippen LogP contribution in [0.2, 0.25) is 0 Å². The van der Waals surface area contributed by atoms with E-state index in [1.165, 1.54) is 11.1 Å². The Bertz CT molecular complexity index is 745. The molecule has 0 radical (unpaired) electrons. The first-order chi connectivity index (χ1) is 11.8. The predicted molar refractivity (Wildman–Crippen MR) is 102 cm³/mol. The Kier molecular flexibility index (Phi) is 5.43. The third kappa shape index (κ3) is 3.92. The van der Waals surface area contributed by atoms with Gasteiger partial charge in [0.1, 0.15) is 5.75 Å². The number of nitrogens with zero attached hydrogens (tertiary/aromatic N) is 1. The molecule has 0 heterocycles. The van der Waals surface area contributed by atoms with Gasteiger partial charge in [0.05, 0.1) is 18.9 Å². The Hall–Kier alpha value is -2.40. The molecule has 1 aliphatic rings. The van der Waals surface area contributed by atoms with Gasteiger partial charge in [-0.1, -0.05) is 36.4 Å². The van der Waals surface area contributed by atoms with Crippen molar-refractivity contribution >= 4 is 23.5 Å². The Morgan fingerprint density at radius 1 is 1.25 bits per heavy atom. The van der Waals surface area contributed by atoms with Crippen LogP contribution < -0.4 is 15.5 Å². The van der Waals surface area contributed by atoms with Gasteiger partial charge in [-0.2, -0.15) is 5.10 Å². The summed E-state index contributed by atoms with van der Waals surface area (Å²) in [6.45, 7) is 2.59. The lowest BCUT2D eigenvalue weighted by Gasteiger charge is -2.15. The summed E-state index contributed by atoms with van der Waals surface area (Å²) < 4.78 is 5.57. The van der Waals surface area contributed by atoms with Crippen LogP contribution in [-0.4, -0.2) is 17.9 Å². The van der Waals surface area contributed by atoms with Gasteiger partial charge < -0.3 is 10.1 Å². The average molecular weight is 339 g/mol. The Labute approximate surface area is 147 Å². The lowest BCUT2D eigenvalue weighted by atomic mass is 10.1. The number of hydrogen-bond acceptors (Lipinski definition) is 3. The molecule has 5 heteroatoms. The van der Waals surface area contributed by atoms with Gasteiger partial charge in [-0.15, -0.1) is 0 Å². The van der Waals surface area contributed by atoms with E-state index in [9.17, 15) is 0 Å². The second-order valence-electron chi connectivity index (χ2n) is 5.60. The van der Waals surface area contributed by atoms with Crippen LogP contribution in [0.5, 0.6) is 5.75 Å². The number of fused-ring (bicyclic) bond motifs is 1. The molecule has 0 saturated carbocycles. The first kappa shape index (κ1) is 16.5. The van der Waals surface area contributed by atoms with E-state index in [1.807, 2.05) is 31.2 Å². The van der Waals surface area contributed by atoms with Crippen molar-refractivity contribution in [2.75, 3.05) is 6.61 Å². The summed E-state index contributed by atoms with van der Waals surface area (Å²) in [6.07, 6.45) is 3.86. The zero-order valence-corrected chi connectivity index (χ0v) is 14.5. The van der Waals surface area contributed by atoms with Crippen LogP contribution >= 0.6 is 12.2 Å². The van der Waals surface area contributed by atoms with Crippen molar-refractivity contribution in [1.82, 2.24) is 10.7 Å². The van der Waals surface area contributed by atoms with E-state index < -0.39 is 0 Å². The molecule has 2 N–H and O–H groups in total. The number of benzene rings is 2. The number of ether oxygens (including phenoxy) is 1. The molecule has 1 atom stereocenters. The zero-order chi connectivity index (χ0) is 16.8. The van der Waals surface area contributed by atoms with Gasteiger partial charge in [-0.3, -0.25) is 5.43 Å². The van der Waals surface area contributed by atoms with E-state index in [4.69, 9.17) is 17.0 Å². The van der Waals surface area contributed by atoms with E-state index in [0.717, 1.165) is 24.2 Å². The maximum Gasteiger partial charge on any atom is 0.187 e. The topological polar surface area (TPSA) is 45.6 Å². The third-order valence-corrected chi connectivity index (χ3v) is 4.24. The van der Waals surface area contributed by atoms with E-state index in [0.29, 0.717) is 11.7 Å². The SMILES string of the molecule is CCOc1ccccc1/C=N/NC(=S)NC1CCc2ccccc21. The van der Waals surface area contributed by atoms with Crippen LogP contribution in [0.3, 0.4) is 0 Å². The van der Waals surface area contributed by atoms with Crippen molar-refractivity contribution in [1.29, 1.82) is 0 Å². The van der Waals surface area contributed by atoms with Gasteiger partial charge in [0, 0.05) is 5.56 Å². The first-order valence-electron chi connectivity index (χ1n) is 8.17. The molecule has 0 saturated heterocycles. The maximum atomic E-state index is 5.57. The summed E-state index contributed by atoms with van der Waals surface area (Å²) in [7, 11) is 0. The Morgan fingerprint density at radius 3 is 2.92 bits per heavy atom. The molecular weight excluding hydrogens is 318 g/mol. The molecule has 1 unspecified atom stereocenters. The van der Waals surface area contributed by atoms with Crippen molar-refractivity contribution < 1.29 is 4.74 Å². The number of hydrazone groups is 1. The lowest BCUT2D eigenvalue weighted by molar-refractivity contribution is 0.340. The summed E-state index contributed by atoms with van der Waals surface area (Å²) in [5, 5.41) is 8.09. The van der Waals surface area contributed by atoms with Crippen LogP contribution in [0.4, 0.5) is 0 Å². The second kappa shape index (κ2) is 7.93. The average Bonchev–Trinajstić information content (AvgIpc) is 3.00. The summed E-state index contributed by atoms with van der Waals surface area (Å²) in [5.41, 5.74) is 6.53.